The number of carbonyl (C=O) groups is 1. The number of hydrogen-bond acceptors (Lipinski definition) is 4. The van der Waals surface area contributed by atoms with Gasteiger partial charge in [-0.3, -0.25) is 0 Å². The molecule has 0 aromatic heterocycles. The lowest BCUT2D eigenvalue weighted by atomic mass is 10.4. The van der Waals surface area contributed by atoms with Crippen molar-refractivity contribution in [1.82, 2.24) is 0 Å². The summed E-state index contributed by atoms with van der Waals surface area (Å²) in [5.74, 6) is -0.604. The SMILES string of the molecule is C=CC(=O)OCC(O)CO. The maximum Gasteiger partial charge on any atom is 0.330 e. The summed E-state index contributed by atoms with van der Waals surface area (Å²) in [6, 6.07) is 0. The van der Waals surface area contributed by atoms with Crippen LogP contribution in [0.25, 0.3) is 0 Å². The Morgan fingerprint density at radius 3 is 2.80 bits per heavy atom. The fourth-order valence-corrected chi connectivity index (χ4v) is 0.290. The van der Waals surface area contributed by atoms with Crippen molar-refractivity contribution in [2.45, 2.75) is 6.10 Å². The highest BCUT2D eigenvalue weighted by atomic mass is 16.5. The third-order valence-electron chi connectivity index (χ3n) is 0.795. The maximum absolute atomic E-state index is 10.3. The molecule has 0 heterocycles. The quantitative estimate of drug-likeness (QED) is 0.397. The van der Waals surface area contributed by atoms with Crippen LogP contribution in [0.5, 0.6) is 0 Å². The van der Waals surface area contributed by atoms with Gasteiger partial charge in [-0.2, -0.15) is 0 Å². The average molecular weight is 146 g/mol. The molecule has 0 aliphatic rings. The molecule has 1 unspecified atom stereocenters. The lowest BCUT2D eigenvalue weighted by Crippen LogP contribution is -2.21. The number of carbonyl (C=O) groups excluding carboxylic acids is 1. The first kappa shape index (κ1) is 9.13. The van der Waals surface area contributed by atoms with Gasteiger partial charge in [-0.1, -0.05) is 6.58 Å². The summed E-state index contributed by atoms with van der Waals surface area (Å²) < 4.78 is 4.38. The number of ether oxygens (including phenoxy) is 1. The van der Waals surface area contributed by atoms with E-state index in [1.54, 1.807) is 0 Å². The van der Waals surface area contributed by atoms with Crippen molar-refractivity contribution in [1.29, 1.82) is 0 Å². The molecule has 0 spiro atoms. The van der Waals surface area contributed by atoms with E-state index < -0.39 is 18.7 Å². The van der Waals surface area contributed by atoms with Crippen LogP contribution in [-0.4, -0.2) is 35.5 Å². The second-order valence-electron chi connectivity index (χ2n) is 1.67. The molecular weight excluding hydrogens is 136 g/mol. The smallest absolute Gasteiger partial charge is 0.330 e. The van der Waals surface area contributed by atoms with Gasteiger partial charge in [0, 0.05) is 6.08 Å². The number of aliphatic hydroxyl groups is 2. The standard InChI is InChI=1S/C6H10O4/c1-2-6(9)10-4-5(8)3-7/h2,5,7-8H,1,3-4H2. The largest absolute Gasteiger partial charge is 0.460 e. The zero-order valence-corrected chi connectivity index (χ0v) is 5.49. The van der Waals surface area contributed by atoms with Gasteiger partial charge in [0.15, 0.2) is 0 Å². The van der Waals surface area contributed by atoms with E-state index in [0.717, 1.165) is 6.08 Å². The van der Waals surface area contributed by atoms with Gasteiger partial charge in [-0.15, -0.1) is 0 Å². The highest BCUT2D eigenvalue weighted by molar-refractivity contribution is 5.81. The molecular formula is C6H10O4. The van der Waals surface area contributed by atoms with Crippen molar-refractivity contribution in [2.24, 2.45) is 0 Å². The van der Waals surface area contributed by atoms with Gasteiger partial charge in [-0.25, -0.2) is 4.79 Å². The summed E-state index contributed by atoms with van der Waals surface area (Å²) in [7, 11) is 0. The van der Waals surface area contributed by atoms with Gasteiger partial charge in [-0.05, 0) is 0 Å². The molecule has 4 nitrogen and oxygen atoms in total. The van der Waals surface area contributed by atoms with Crippen molar-refractivity contribution >= 4 is 5.97 Å². The van der Waals surface area contributed by atoms with Crippen LogP contribution in [0, 0.1) is 0 Å². The van der Waals surface area contributed by atoms with Gasteiger partial charge < -0.3 is 14.9 Å². The van der Waals surface area contributed by atoms with E-state index in [2.05, 4.69) is 11.3 Å². The van der Waals surface area contributed by atoms with Crippen LogP contribution >= 0.6 is 0 Å². The lowest BCUT2D eigenvalue weighted by molar-refractivity contribution is -0.141. The van der Waals surface area contributed by atoms with E-state index >= 15 is 0 Å². The molecule has 0 aliphatic carbocycles. The van der Waals surface area contributed by atoms with Crippen LogP contribution in [0.15, 0.2) is 12.7 Å². The zero-order valence-electron chi connectivity index (χ0n) is 5.49. The minimum Gasteiger partial charge on any atom is -0.460 e. The predicted octanol–water partition coefficient (Wildman–Crippen LogP) is -0.931. The maximum atomic E-state index is 10.3. The number of esters is 1. The van der Waals surface area contributed by atoms with Crippen LogP contribution in [0.4, 0.5) is 0 Å². The molecule has 0 fully saturated rings. The molecule has 2 N–H and O–H groups in total. The van der Waals surface area contributed by atoms with Crippen molar-refractivity contribution in [3.63, 3.8) is 0 Å². The van der Waals surface area contributed by atoms with Crippen LogP contribution in [0.3, 0.4) is 0 Å². The molecule has 4 heteroatoms. The summed E-state index contributed by atoms with van der Waals surface area (Å²) in [6.07, 6.45) is -0.00622. The Balaban J connectivity index is 3.34. The van der Waals surface area contributed by atoms with Gasteiger partial charge >= 0.3 is 5.97 Å². The molecule has 0 aromatic carbocycles. The summed E-state index contributed by atoms with van der Waals surface area (Å²) in [5.41, 5.74) is 0. The Kier molecular flexibility index (Phi) is 4.53. The van der Waals surface area contributed by atoms with Crippen LogP contribution < -0.4 is 0 Å². The first-order valence-corrected chi connectivity index (χ1v) is 2.78. The Hall–Kier alpha value is -0.870. The van der Waals surface area contributed by atoms with Crippen molar-refractivity contribution < 1.29 is 19.7 Å². The molecule has 1 atom stereocenters. The number of rotatable bonds is 4. The molecule has 58 valence electrons. The predicted molar refractivity (Wildman–Crippen MR) is 34.2 cm³/mol. The molecule has 0 aliphatic heterocycles. The van der Waals surface area contributed by atoms with Crippen molar-refractivity contribution in [3.8, 4) is 0 Å². The van der Waals surface area contributed by atoms with Crippen molar-refractivity contribution in [2.75, 3.05) is 13.2 Å². The molecule has 0 radical (unpaired) electrons. The summed E-state index contributed by atoms with van der Waals surface area (Å²) >= 11 is 0. The Labute approximate surface area is 58.7 Å². The molecule has 0 bridgehead atoms. The first-order valence-electron chi connectivity index (χ1n) is 2.78. The summed E-state index contributed by atoms with van der Waals surface area (Å²) in [5, 5.41) is 16.9. The second-order valence-corrected chi connectivity index (χ2v) is 1.67. The monoisotopic (exact) mass is 146 g/mol. The van der Waals surface area contributed by atoms with Gasteiger partial charge in [0.2, 0.25) is 0 Å². The third kappa shape index (κ3) is 4.05. The summed E-state index contributed by atoms with van der Waals surface area (Å²) in [6.45, 7) is 2.54. The van der Waals surface area contributed by atoms with Crippen LogP contribution in [0.1, 0.15) is 0 Å². The van der Waals surface area contributed by atoms with Crippen molar-refractivity contribution in [3.05, 3.63) is 12.7 Å². The second kappa shape index (κ2) is 4.96. The normalized spacial score (nSPS) is 12.2. The van der Waals surface area contributed by atoms with E-state index in [9.17, 15) is 4.79 Å². The van der Waals surface area contributed by atoms with Gasteiger partial charge in [0.1, 0.15) is 12.7 Å². The average Bonchev–Trinajstić information content (AvgIpc) is 1.99. The molecule has 10 heavy (non-hydrogen) atoms. The van der Waals surface area contributed by atoms with E-state index in [1.165, 1.54) is 0 Å². The molecule has 0 saturated carbocycles. The minimum atomic E-state index is -0.996. The highest BCUT2D eigenvalue weighted by Crippen LogP contribution is 1.84. The van der Waals surface area contributed by atoms with E-state index in [-0.39, 0.29) is 6.61 Å². The number of aliphatic hydroxyl groups excluding tert-OH is 2. The summed E-state index contributed by atoms with van der Waals surface area (Å²) in [4.78, 5) is 10.3. The number of hydrogen-bond donors (Lipinski definition) is 2. The Bertz CT molecular complexity index is 121. The zero-order chi connectivity index (χ0) is 7.98. The molecule has 0 amide bonds. The van der Waals surface area contributed by atoms with Crippen LogP contribution in [0.2, 0.25) is 0 Å². The van der Waals surface area contributed by atoms with E-state index in [0.29, 0.717) is 0 Å². The van der Waals surface area contributed by atoms with Crippen LogP contribution in [-0.2, 0) is 9.53 Å². The van der Waals surface area contributed by atoms with E-state index in [4.69, 9.17) is 10.2 Å². The van der Waals surface area contributed by atoms with E-state index in [1.807, 2.05) is 0 Å². The molecule has 0 rings (SSSR count). The third-order valence-corrected chi connectivity index (χ3v) is 0.795. The fourth-order valence-electron chi connectivity index (χ4n) is 0.290. The fraction of sp³-hybridized carbons (Fsp3) is 0.500. The van der Waals surface area contributed by atoms with Gasteiger partial charge in [0.05, 0.1) is 6.61 Å². The first-order chi connectivity index (χ1) is 4.70. The molecule has 0 saturated heterocycles. The Morgan fingerprint density at radius 2 is 2.40 bits per heavy atom. The topological polar surface area (TPSA) is 66.8 Å². The van der Waals surface area contributed by atoms with Gasteiger partial charge in [0.25, 0.3) is 0 Å². The molecule has 0 aromatic rings. The lowest BCUT2D eigenvalue weighted by Gasteiger charge is -2.05. The Morgan fingerprint density at radius 1 is 1.80 bits per heavy atom. The minimum absolute atomic E-state index is 0.193. The highest BCUT2D eigenvalue weighted by Gasteiger charge is 2.03.